The zero-order valence-electron chi connectivity index (χ0n) is 13.1. The van der Waals surface area contributed by atoms with Crippen molar-refractivity contribution in [2.45, 2.75) is 26.8 Å². The number of hydrogen-bond donors (Lipinski definition) is 3. The lowest BCUT2D eigenvalue weighted by Crippen LogP contribution is -2.34. The van der Waals surface area contributed by atoms with Gasteiger partial charge in [-0.05, 0) is 24.1 Å². The number of carbonyl (C=O) groups is 1. The van der Waals surface area contributed by atoms with Gasteiger partial charge < -0.3 is 16.0 Å². The van der Waals surface area contributed by atoms with Crippen LogP contribution in [-0.4, -0.2) is 26.0 Å². The van der Waals surface area contributed by atoms with Crippen molar-refractivity contribution in [1.29, 1.82) is 0 Å². The third kappa shape index (κ3) is 6.79. The van der Waals surface area contributed by atoms with E-state index in [-0.39, 0.29) is 35.8 Å². The minimum absolute atomic E-state index is 0. The normalized spacial score (nSPS) is 12.1. The van der Waals surface area contributed by atoms with Gasteiger partial charge in [0.05, 0.1) is 0 Å². The van der Waals surface area contributed by atoms with Gasteiger partial charge in [0.2, 0.25) is 5.91 Å². The number of hydrogen-bond acceptors (Lipinski definition) is 2. The first-order valence-electron chi connectivity index (χ1n) is 6.88. The van der Waals surface area contributed by atoms with Gasteiger partial charge in [-0.3, -0.25) is 9.79 Å². The summed E-state index contributed by atoms with van der Waals surface area (Å²) >= 11 is 0. The van der Waals surface area contributed by atoms with E-state index in [2.05, 4.69) is 20.9 Å². The molecular formula is C15H25IN4O. The summed E-state index contributed by atoms with van der Waals surface area (Å²) in [5.41, 5.74) is 1.91. The molecule has 21 heavy (non-hydrogen) atoms. The van der Waals surface area contributed by atoms with Crippen LogP contribution in [0.2, 0.25) is 0 Å². The molecule has 1 aromatic carbocycles. The molecule has 0 radical (unpaired) electrons. The highest BCUT2D eigenvalue weighted by atomic mass is 127. The molecule has 1 amide bonds. The van der Waals surface area contributed by atoms with Crippen molar-refractivity contribution in [2.75, 3.05) is 19.4 Å². The lowest BCUT2D eigenvalue weighted by Gasteiger charge is -2.12. The van der Waals surface area contributed by atoms with Crippen LogP contribution in [0.1, 0.15) is 25.8 Å². The van der Waals surface area contributed by atoms with Gasteiger partial charge >= 0.3 is 0 Å². The van der Waals surface area contributed by atoms with Crippen LogP contribution in [-0.2, 0) is 11.3 Å². The molecule has 6 heteroatoms. The van der Waals surface area contributed by atoms with Crippen molar-refractivity contribution in [2.24, 2.45) is 10.9 Å². The molecule has 1 rings (SSSR count). The van der Waals surface area contributed by atoms with Gasteiger partial charge in [-0.1, -0.05) is 26.0 Å². The first-order valence-corrected chi connectivity index (χ1v) is 6.88. The van der Waals surface area contributed by atoms with E-state index in [1.807, 2.05) is 45.2 Å². The number of guanidine groups is 1. The molecule has 0 saturated carbocycles. The van der Waals surface area contributed by atoms with Crippen LogP contribution in [0.25, 0.3) is 0 Å². The molecule has 0 fully saturated rings. The molecule has 0 bridgehead atoms. The molecule has 1 atom stereocenters. The maximum absolute atomic E-state index is 11.9. The summed E-state index contributed by atoms with van der Waals surface area (Å²) in [5, 5.41) is 9.07. The monoisotopic (exact) mass is 404 g/mol. The zero-order chi connectivity index (χ0) is 15.0. The molecule has 0 saturated heterocycles. The number of nitrogens with one attached hydrogen (secondary N) is 3. The summed E-state index contributed by atoms with van der Waals surface area (Å²) in [7, 11) is 3.54. The Balaban J connectivity index is 0.00000400. The average Bonchev–Trinajstić information content (AvgIpc) is 2.47. The second-order valence-electron chi connectivity index (χ2n) is 4.67. The van der Waals surface area contributed by atoms with E-state index in [4.69, 9.17) is 0 Å². The predicted octanol–water partition coefficient (Wildman–Crippen LogP) is 2.58. The van der Waals surface area contributed by atoms with Gasteiger partial charge in [-0.25, -0.2) is 0 Å². The third-order valence-corrected chi connectivity index (χ3v) is 3.17. The first-order chi connectivity index (χ1) is 9.60. The smallest absolute Gasteiger partial charge is 0.227 e. The van der Waals surface area contributed by atoms with E-state index in [0.29, 0.717) is 6.54 Å². The fourth-order valence-electron chi connectivity index (χ4n) is 1.67. The highest BCUT2D eigenvalue weighted by molar-refractivity contribution is 14.0. The summed E-state index contributed by atoms with van der Waals surface area (Å²) in [4.78, 5) is 15.9. The average molecular weight is 404 g/mol. The topological polar surface area (TPSA) is 65.5 Å². The van der Waals surface area contributed by atoms with Crippen molar-refractivity contribution < 1.29 is 4.79 Å². The lowest BCUT2D eigenvalue weighted by atomic mass is 10.1. The van der Waals surface area contributed by atoms with Crippen LogP contribution in [0.3, 0.4) is 0 Å². The lowest BCUT2D eigenvalue weighted by molar-refractivity contribution is -0.119. The first kappa shape index (κ1) is 19.7. The third-order valence-electron chi connectivity index (χ3n) is 3.17. The quantitative estimate of drug-likeness (QED) is 0.402. The Morgan fingerprint density at radius 1 is 1.38 bits per heavy atom. The summed E-state index contributed by atoms with van der Waals surface area (Å²) in [5.74, 6) is 0.822. The molecule has 0 aliphatic carbocycles. The highest BCUT2D eigenvalue weighted by Gasteiger charge is 2.10. The van der Waals surface area contributed by atoms with Crippen molar-refractivity contribution >= 4 is 41.5 Å². The molecule has 0 aliphatic rings. The van der Waals surface area contributed by atoms with Gasteiger partial charge in [0.1, 0.15) is 0 Å². The predicted molar refractivity (Wildman–Crippen MR) is 99.2 cm³/mol. The fraction of sp³-hybridized carbons (Fsp3) is 0.467. The Morgan fingerprint density at radius 3 is 2.67 bits per heavy atom. The minimum atomic E-state index is 0. The van der Waals surface area contributed by atoms with Gasteiger partial charge in [0, 0.05) is 32.2 Å². The second kappa shape index (κ2) is 10.4. The summed E-state index contributed by atoms with van der Waals surface area (Å²) in [6, 6.07) is 7.81. The molecule has 0 aliphatic heterocycles. The van der Waals surface area contributed by atoms with E-state index in [9.17, 15) is 4.79 Å². The van der Waals surface area contributed by atoms with E-state index < -0.39 is 0 Å². The van der Waals surface area contributed by atoms with Crippen LogP contribution in [0.5, 0.6) is 0 Å². The van der Waals surface area contributed by atoms with E-state index in [0.717, 1.165) is 23.6 Å². The Kier molecular flexibility index (Phi) is 9.77. The van der Waals surface area contributed by atoms with Crippen LogP contribution in [0, 0.1) is 5.92 Å². The van der Waals surface area contributed by atoms with Crippen molar-refractivity contribution in [1.82, 2.24) is 10.6 Å². The second-order valence-corrected chi connectivity index (χ2v) is 4.67. The zero-order valence-corrected chi connectivity index (χ0v) is 15.4. The van der Waals surface area contributed by atoms with Gasteiger partial charge in [0.25, 0.3) is 0 Å². The van der Waals surface area contributed by atoms with Crippen LogP contribution < -0.4 is 16.0 Å². The SMILES string of the molecule is CCC(C)C(=O)Nc1cccc(CNC(=NC)NC)c1.I. The van der Waals surface area contributed by atoms with Crippen molar-refractivity contribution in [3.05, 3.63) is 29.8 Å². The molecule has 5 nitrogen and oxygen atoms in total. The van der Waals surface area contributed by atoms with Gasteiger partial charge in [-0.2, -0.15) is 0 Å². The number of anilines is 1. The Labute approximate surface area is 144 Å². The Bertz CT molecular complexity index is 476. The van der Waals surface area contributed by atoms with Crippen LogP contribution >= 0.6 is 24.0 Å². The largest absolute Gasteiger partial charge is 0.359 e. The number of aliphatic imine (C=N–C) groups is 1. The molecule has 0 spiro atoms. The molecular weight excluding hydrogens is 379 g/mol. The number of benzene rings is 1. The van der Waals surface area contributed by atoms with Gasteiger partial charge in [0.15, 0.2) is 5.96 Å². The molecule has 1 unspecified atom stereocenters. The Hall–Kier alpha value is -1.31. The molecule has 3 N–H and O–H groups in total. The summed E-state index contributed by atoms with van der Waals surface area (Å²) in [6.45, 7) is 4.59. The van der Waals surface area contributed by atoms with Crippen molar-refractivity contribution in [3.8, 4) is 0 Å². The van der Waals surface area contributed by atoms with Gasteiger partial charge in [-0.15, -0.1) is 24.0 Å². The minimum Gasteiger partial charge on any atom is -0.359 e. The van der Waals surface area contributed by atoms with E-state index in [1.165, 1.54) is 0 Å². The van der Waals surface area contributed by atoms with E-state index >= 15 is 0 Å². The maximum atomic E-state index is 11.9. The molecule has 0 aromatic heterocycles. The van der Waals surface area contributed by atoms with E-state index in [1.54, 1.807) is 7.05 Å². The standard InChI is InChI=1S/C15H24N4O.HI/c1-5-11(2)14(20)19-13-8-6-7-12(9-13)10-18-15(16-3)17-4;/h6-9,11H,5,10H2,1-4H3,(H,19,20)(H2,16,17,18);1H. The fourth-order valence-corrected chi connectivity index (χ4v) is 1.67. The summed E-state index contributed by atoms with van der Waals surface area (Å²) < 4.78 is 0. The van der Waals surface area contributed by atoms with Crippen molar-refractivity contribution in [3.63, 3.8) is 0 Å². The molecule has 118 valence electrons. The number of nitrogens with zero attached hydrogens (tertiary/aromatic N) is 1. The number of carbonyl (C=O) groups excluding carboxylic acids is 1. The summed E-state index contributed by atoms with van der Waals surface area (Å²) in [6.07, 6.45) is 0.839. The van der Waals surface area contributed by atoms with Crippen LogP contribution in [0.15, 0.2) is 29.3 Å². The molecule has 0 heterocycles. The van der Waals surface area contributed by atoms with Crippen LogP contribution in [0.4, 0.5) is 5.69 Å². The number of halogens is 1. The maximum Gasteiger partial charge on any atom is 0.227 e. The molecule has 1 aromatic rings. The number of rotatable bonds is 5. The number of amides is 1. The Morgan fingerprint density at radius 2 is 2.10 bits per heavy atom. The highest BCUT2D eigenvalue weighted by Crippen LogP contribution is 2.13.